The summed E-state index contributed by atoms with van der Waals surface area (Å²) in [5.74, 6) is -5.31. The van der Waals surface area contributed by atoms with Gasteiger partial charge < -0.3 is 123 Å². The number of aliphatic hydroxyl groups excluding tert-OH is 8. The lowest BCUT2D eigenvalue weighted by Gasteiger charge is -2.21. The zero-order chi connectivity index (χ0) is 104. The molecule has 10 heterocycles. The number of aryl methyl sites for hydroxylation is 2. The van der Waals surface area contributed by atoms with Gasteiger partial charge in [0.2, 0.25) is 0 Å². The Morgan fingerprint density at radius 3 is 1.09 bits per heavy atom. The molecule has 4 aliphatic heterocycles. The molecular weight excluding hydrogens is 2090 g/mol. The molecule has 4 saturated heterocycles. The fourth-order valence-corrected chi connectivity index (χ4v) is 20.3. The van der Waals surface area contributed by atoms with Crippen molar-refractivity contribution in [3.05, 3.63) is 264 Å². The fourth-order valence-electron chi connectivity index (χ4n) is 13.9. The van der Waals surface area contributed by atoms with E-state index < -0.39 is 262 Å². The molecule has 774 valence electrons. The highest BCUT2D eigenvalue weighted by atomic mass is 31.3. The molecule has 0 aliphatic carbocycles. The number of ether oxygens (including phenoxy) is 4. The Bertz CT molecular complexity index is 7160. The summed E-state index contributed by atoms with van der Waals surface area (Å²) >= 11 is 0. The Kier molecular flexibility index (Phi) is 35.6. The summed E-state index contributed by atoms with van der Waals surface area (Å²) in [6, 6.07) is 26.9. The molecule has 6 aromatic heterocycles. The summed E-state index contributed by atoms with van der Waals surface area (Å²) in [4.78, 5) is 207. The van der Waals surface area contributed by atoms with Gasteiger partial charge in [0.05, 0.1) is 57.3 Å². The molecule has 4 aliphatic rings. The van der Waals surface area contributed by atoms with Gasteiger partial charge >= 0.3 is 85.3 Å². The van der Waals surface area contributed by atoms with Crippen LogP contribution in [0.1, 0.15) is 47.4 Å². The summed E-state index contributed by atoms with van der Waals surface area (Å²) in [7, 11) is -40.9. The molecule has 20 atom stereocenters. The van der Waals surface area contributed by atoms with Gasteiger partial charge in [-0.3, -0.25) is 78.5 Å². The summed E-state index contributed by atoms with van der Waals surface area (Å²) in [6.07, 6.45) is -23.3. The molecule has 141 heavy (non-hydrogen) atoms. The Labute approximate surface area is 779 Å². The number of aromatic nitrogens is 11. The van der Waals surface area contributed by atoms with Crippen molar-refractivity contribution in [3.63, 3.8) is 0 Å². The third-order valence-corrected chi connectivity index (χ3v) is 29.0. The van der Waals surface area contributed by atoms with Crippen molar-refractivity contribution in [1.82, 2.24) is 51.5 Å². The molecule has 20 N–H and O–H groups in total. The van der Waals surface area contributed by atoms with Crippen molar-refractivity contribution in [2.45, 2.75) is 137 Å². The van der Waals surface area contributed by atoms with Crippen LogP contribution < -0.4 is 45.0 Å². The third-order valence-electron chi connectivity index (χ3n) is 20.3. The standard InChI is InChI=1S/C18H22N4O12P2.2C17H20F2N2O12P2.C17H19N3O13P2/c1-20-12-5-3-2-4-10(12)11(19-20)8-22-14(23)6-7-21(18(22)26)17-16(25)15(24)13(33-17)9-32-36(30,31)34-35(27,28)29;18-10-2-1-9(11(19)7-10)3-5-20-13(22)4-6-21(17(20)25)16-15(24)14(23)12(32-16)8-31-35(29,30)33-34(26,27)28;18-17(19,10-4-2-1-3-5-10)9-21-12(22)6-7-20(16(21)25)15-14(24)13(23)11(32-15)8-31-35(29,30)33-34(26,27)28;21-13-5-6-19(17(24)20(13)7-10-9-3-1-2-4-11(9)32-18-10)16-15(23)14(22)12(31-16)8-30-35(28,29)33-34(25,26)27/h2-7,13,15-17,24-25H,8-9H2,1H3,(H,30,31)(H2,27,28,29);1-2,4,6-7,12,14-16,23-24H,3,5,8H2,(H,29,30)(H2,26,27,28);1-7,11,13-15,23-24H,8-9H2,(H,29,30)(H2,26,27,28);1-6,12,14-16,22-23H,7-8H2,(H,28,29)(H2,25,26,27)/t13-,15?,16+,17-;12-,14?,15+,16-;11-,13?,14+,15-;12-,14?,15+,16-/m1111/s1. The smallest absolute Gasteiger partial charge is 0.387 e. The van der Waals surface area contributed by atoms with Gasteiger partial charge in [-0.25, -0.2) is 64.5 Å². The average molecular weight is 2170 g/mol. The largest absolute Gasteiger partial charge is 0.481 e. The first-order chi connectivity index (χ1) is 65.4. The van der Waals surface area contributed by atoms with Crippen molar-refractivity contribution >= 4 is 84.5 Å². The molecule has 0 amide bonds. The Morgan fingerprint density at radius 1 is 0.390 bits per heavy atom. The minimum Gasteiger partial charge on any atom is -0.387 e. The van der Waals surface area contributed by atoms with Crippen molar-refractivity contribution < 1.29 is 212 Å². The first-order valence-electron chi connectivity index (χ1n) is 39.4. The van der Waals surface area contributed by atoms with E-state index in [9.17, 15) is 153 Å². The number of aliphatic hydroxyl groups is 8. The predicted octanol–water partition coefficient (Wildman–Crippen LogP) is -3.14. The number of nitrogens with zero attached hydrogens (tertiary/aromatic N) is 11. The van der Waals surface area contributed by atoms with Gasteiger partial charge in [0.1, 0.15) is 90.6 Å². The van der Waals surface area contributed by atoms with E-state index in [0.29, 0.717) is 37.6 Å². The van der Waals surface area contributed by atoms with E-state index >= 15 is 0 Å². The summed E-state index contributed by atoms with van der Waals surface area (Å²) in [5.41, 5.74) is -5.85. The molecule has 4 aromatic carbocycles. The summed E-state index contributed by atoms with van der Waals surface area (Å²) in [5, 5.41) is 91.7. The number of rotatable bonds is 34. The van der Waals surface area contributed by atoms with Crippen molar-refractivity contribution in [2.24, 2.45) is 7.05 Å². The minimum absolute atomic E-state index is 0.0313. The molecule has 0 bridgehead atoms. The van der Waals surface area contributed by atoms with E-state index in [0.717, 1.165) is 107 Å². The van der Waals surface area contributed by atoms with Crippen LogP contribution in [-0.2, 0) is 136 Å². The number of alkyl halides is 2. The zero-order valence-corrected chi connectivity index (χ0v) is 77.9. The second-order valence-electron chi connectivity index (χ2n) is 30.1. The molecule has 14 rings (SSSR count). The maximum atomic E-state index is 14.7. The van der Waals surface area contributed by atoms with Gasteiger partial charge in [-0.05, 0) is 36.2 Å². The topological polar surface area (TPSA) is 872 Å². The number of halogens is 4. The second-order valence-corrected chi connectivity index (χ2v) is 41.4. The number of phosphoric acid groups is 8. The van der Waals surface area contributed by atoms with E-state index in [1.54, 1.807) is 48.1 Å². The van der Waals surface area contributed by atoms with Gasteiger partial charge in [0, 0.05) is 85.0 Å². The van der Waals surface area contributed by atoms with E-state index in [1.807, 2.05) is 12.1 Å². The number of fused-ring (bicyclic) bond motifs is 2. The molecule has 4 fully saturated rings. The van der Waals surface area contributed by atoms with Gasteiger partial charge in [-0.15, -0.1) is 0 Å². The highest BCUT2D eigenvalue weighted by Gasteiger charge is 2.51. The monoisotopic (exact) mass is 2170 g/mol. The van der Waals surface area contributed by atoms with Crippen LogP contribution in [-0.4, -0.2) is 251 Å². The number of hydrogen-bond acceptors (Lipinski definition) is 39. The lowest BCUT2D eigenvalue weighted by molar-refractivity contribution is -0.0569. The van der Waals surface area contributed by atoms with Crippen LogP contribution in [0.5, 0.6) is 0 Å². The number of phosphoric ester groups is 4. The first-order valence-corrected chi connectivity index (χ1v) is 51.5. The van der Waals surface area contributed by atoms with Gasteiger partial charge in [0.15, 0.2) is 30.5 Å². The highest BCUT2D eigenvalue weighted by molar-refractivity contribution is 7.62. The molecule has 0 radical (unpaired) electrons. The second kappa shape index (κ2) is 44.8. The van der Waals surface area contributed by atoms with Crippen molar-refractivity contribution in [1.29, 1.82) is 0 Å². The average Bonchev–Trinajstić information content (AvgIpc) is 1.06. The van der Waals surface area contributed by atoms with Crippen LogP contribution in [0.4, 0.5) is 17.6 Å². The number of benzene rings is 4. The van der Waals surface area contributed by atoms with E-state index in [-0.39, 0.29) is 36.2 Å². The van der Waals surface area contributed by atoms with Crippen LogP contribution in [0.15, 0.2) is 189 Å². The van der Waals surface area contributed by atoms with E-state index in [2.05, 4.69) is 45.6 Å². The maximum Gasteiger partial charge on any atom is 0.481 e. The molecule has 0 spiro atoms. The lowest BCUT2D eigenvalue weighted by atomic mass is 10.1. The Hall–Kier alpha value is -9.18. The van der Waals surface area contributed by atoms with E-state index in [1.165, 1.54) is 18.2 Å². The SMILES string of the molecule is Cn1nc(Cn2c(=O)ccn([C@@H]3O[C@H](COP(=O)(O)OP(=O)(O)O)C(O)[C@@H]3O)c2=O)c2ccccc21.O=c1ccn([C@@H]2O[C@H](COP(=O)(O)OP(=O)(O)O)C(O)[C@@H]2O)c(=O)n1CC(F)(F)c1ccccc1.O=c1ccn([C@@H]2O[C@H](COP(=O)(O)OP(=O)(O)O)C(O)[C@@H]2O)c(=O)n1CCc1ccc(F)cc1F.O=c1ccn([C@@H]2O[C@H](COP(=O)(O)OP(=O)(O)O)C(O)[C@@H]2O)c(=O)n1Cc1noc2ccccc12. The van der Waals surface area contributed by atoms with Gasteiger partial charge in [-0.2, -0.15) is 31.1 Å². The molecule has 60 nitrogen and oxygen atoms in total. The summed E-state index contributed by atoms with van der Waals surface area (Å²) in [6.45, 7) is -6.05. The minimum atomic E-state index is -5.42. The van der Waals surface area contributed by atoms with Gasteiger partial charge in [-0.1, -0.05) is 71.9 Å². The molecule has 0 saturated carbocycles. The van der Waals surface area contributed by atoms with Crippen LogP contribution in [0, 0.1) is 11.6 Å². The quantitative estimate of drug-likeness (QED) is 0.0140. The fraction of sp³-hybridized carbons (Fsp3) is 0.391. The Balaban J connectivity index is 0.000000180. The number of para-hydroxylation sites is 2. The molecule has 72 heteroatoms. The third kappa shape index (κ3) is 28.7. The van der Waals surface area contributed by atoms with Gasteiger partial charge in [0.25, 0.3) is 28.2 Å². The van der Waals surface area contributed by atoms with Crippen LogP contribution in [0.3, 0.4) is 0 Å². The zero-order valence-electron chi connectivity index (χ0n) is 70.8. The highest BCUT2D eigenvalue weighted by Crippen LogP contribution is 2.61. The first kappa shape index (κ1) is 112. The Morgan fingerprint density at radius 2 is 0.716 bits per heavy atom. The van der Waals surface area contributed by atoms with Crippen LogP contribution >= 0.6 is 62.6 Å². The molecular formula is C69H81F4N11O49P8. The van der Waals surface area contributed by atoms with Crippen molar-refractivity contribution in [3.8, 4) is 0 Å². The van der Waals surface area contributed by atoms with Crippen LogP contribution in [0.25, 0.3) is 21.9 Å². The predicted molar refractivity (Wildman–Crippen MR) is 452 cm³/mol. The summed E-state index contributed by atoms with van der Waals surface area (Å²) < 4.78 is 211. The lowest BCUT2D eigenvalue weighted by Crippen LogP contribution is -2.45. The molecule has 10 aromatic rings. The molecule has 8 unspecified atom stereocenters. The van der Waals surface area contributed by atoms with Crippen molar-refractivity contribution in [2.75, 3.05) is 26.4 Å². The normalized spacial score (nSPS) is 24.5. The number of hydrogen-bond donors (Lipinski definition) is 20. The van der Waals surface area contributed by atoms with Crippen LogP contribution in [0.2, 0.25) is 0 Å². The van der Waals surface area contributed by atoms with E-state index in [4.69, 9.17) is 62.6 Å². The maximum absolute atomic E-state index is 14.7.